The van der Waals surface area contributed by atoms with Crippen LogP contribution in [0.2, 0.25) is 0 Å². The van der Waals surface area contributed by atoms with Gasteiger partial charge in [-0.05, 0) is 32.0 Å². The first-order chi connectivity index (χ1) is 13.6. The van der Waals surface area contributed by atoms with E-state index in [0.717, 1.165) is 5.56 Å². The van der Waals surface area contributed by atoms with E-state index in [0.29, 0.717) is 28.8 Å². The maximum atomic E-state index is 12.6. The van der Waals surface area contributed by atoms with Crippen molar-refractivity contribution in [2.75, 3.05) is 5.32 Å². The molecule has 1 aromatic carbocycles. The Balaban J connectivity index is 1.74. The fourth-order valence-corrected chi connectivity index (χ4v) is 2.64. The highest BCUT2D eigenvalue weighted by atomic mass is 16.5. The highest BCUT2D eigenvalue weighted by molar-refractivity contribution is 6.04. The van der Waals surface area contributed by atoms with Crippen LogP contribution in [-0.2, 0) is 5.41 Å². The number of hydrogen-bond acceptors (Lipinski definition) is 5. The first-order valence-corrected chi connectivity index (χ1v) is 9.27. The van der Waals surface area contributed by atoms with E-state index in [9.17, 15) is 9.59 Å². The molecule has 7 heteroatoms. The van der Waals surface area contributed by atoms with Crippen LogP contribution in [0.4, 0.5) is 5.69 Å². The van der Waals surface area contributed by atoms with Crippen LogP contribution in [0.15, 0.2) is 47.4 Å². The lowest BCUT2D eigenvalue weighted by Gasteiger charge is -2.18. The molecule has 2 aromatic heterocycles. The molecule has 0 spiro atoms. The predicted molar refractivity (Wildman–Crippen MR) is 112 cm³/mol. The van der Waals surface area contributed by atoms with Gasteiger partial charge in [-0.15, -0.1) is 0 Å². The van der Waals surface area contributed by atoms with E-state index in [1.807, 2.05) is 52.0 Å². The summed E-state index contributed by atoms with van der Waals surface area (Å²) >= 11 is 0. The van der Waals surface area contributed by atoms with Crippen molar-refractivity contribution in [1.82, 2.24) is 15.0 Å². The summed E-state index contributed by atoms with van der Waals surface area (Å²) in [5.74, 6) is 1.07. The second-order valence-corrected chi connectivity index (χ2v) is 7.88. The van der Waals surface area contributed by atoms with Gasteiger partial charge in [-0.2, -0.15) is 0 Å². The molecule has 1 amide bonds. The van der Waals surface area contributed by atoms with Crippen molar-refractivity contribution < 1.29 is 9.53 Å². The summed E-state index contributed by atoms with van der Waals surface area (Å²) in [7, 11) is 0. The second-order valence-electron chi connectivity index (χ2n) is 7.88. The molecule has 0 radical (unpaired) electrons. The van der Waals surface area contributed by atoms with E-state index >= 15 is 0 Å². The number of aromatic amines is 1. The fourth-order valence-electron chi connectivity index (χ4n) is 2.64. The lowest BCUT2D eigenvalue weighted by molar-refractivity contribution is 0.102. The van der Waals surface area contributed by atoms with E-state index in [1.165, 1.54) is 6.20 Å². The molecule has 7 nitrogen and oxygen atoms in total. The van der Waals surface area contributed by atoms with Crippen LogP contribution >= 0.6 is 0 Å². The molecule has 29 heavy (non-hydrogen) atoms. The molecular formula is C22H24N4O3. The average Bonchev–Trinajstić information content (AvgIpc) is 2.64. The lowest BCUT2D eigenvalue weighted by Crippen LogP contribution is -2.30. The molecule has 0 aliphatic rings. The van der Waals surface area contributed by atoms with Crippen molar-refractivity contribution in [3.63, 3.8) is 0 Å². The number of nitrogens with zero attached hydrogens (tertiary/aromatic N) is 2. The molecule has 2 heterocycles. The van der Waals surface area contributed by atoms with Crippen molar-refractivity contribution in [3.8, 4) is 11.6 Å². The van der Waals surface area contributed by atoms with Gasteiger partial charge in [0.05, 0.1) is 17.6 Å². The zero-order valence-corrected chi connectivity index (χ0v) is 17.2. The first kappa shape index (κ1) is 20.3. The van der Waals surface area contributed by atoms with Crippen molar-refractivity contribution in [2.45, 2.75) is 40.0 Å². The normalized spacial score (nSPS) is 11.2. The van der Waals surface area contributed by atoms with Gasteiger partial charge in [0.2, 0.25) is 5.88 Å². The Bertz CT molecular complexity index is 1080. The summed E-state index contributed by atoms with van der Waals surface area (Å²) in [5.41, 5.74) is 1.16. The minimum atomic E-state index is -0.536. The van der Waals surface area contributed by atoms with Crippen LogP contribution < -0.4 is 15.6 Å². The molecule has 0 atom stereocenters. The minimum absolute atomic E-state index is 0.0158. The largest absolute Gasteiger partial charge is 0.439 e. The van der Waals surface area contributed by atoms with Gasteiger partial charge in [0.15, 0.2) is 0 Å². The number of H-pyrrole nitrogens is 1. The Morgan fingerprint density at radius 2 is 1.76 bits per heavy atom. The summed E-state index contributed by atoms with van der Waals surface area (Å²) < 4.78 is 5.67. The molecular weight excluding hydrogens is 368 g/mol. The SMILES string of the molecule is Cc1ccc(Oc2ccc(NC(=O)c3c(C)nc(C(C)(C)C)[nH]c3=O)cn2)cc1. The number of aryl methyl sites for hydroxylation is 2. The molecule has 0 saturated carbocycles. The minimum Gasteiger partial charge on any atom is -0.439 e. The number of amides is 1. The first-order valence-electron chi connectivity index (χ1n) is 9.27. The number of ether oxygens (including phenoxy) is 1. The zero-order valence-electron chi connectivity index (χ0n) is 17.2. The third-order valence-corrected chi connectivity index (χ3v) is 4.28. The number of carbonyl (C=O) groups is 1. The van der Waals surface area contributed by atoms with Gasteiger partial charge in [-0.25, -0.2) is 9.97 Å². The summed E-state index contributed by atoms with van der Waals surface area (Å²) in [4.78, 5) is 36.3. The van der Waals surface area contributed by atoms with Crippen LogP contribution in [0.1, 0.15) is 48.2 Å². The molecule has 150 valence electrons. The number of carbonyl (C=O) groups excluding carboxylic acids is 1. The van der Waals surface area contributed by atoms with Gasteiger partial charge >= 0.3 is 0 Å². The highest BCUT2D eigenvalue weighted by Gasteiger charge is 2.22. The molecule has 0 fully saturated rings. The second kappa shape index (κ2) is 7.87. The quantitative estimate of drug-likeness (QED) is 0.696. The number of nitrogens with one attached hydrogen (secondary N) is 2. The molecule has 0 bridgehead atoms. The van der Waals surface area contributed by atoms with Gasteiger partial charge in [0, 0.05) is 11.5 Å². The number of aromatic nitrogens is 3. The monoisotopic (exact) mass is 392 g/mol. The van der Waals surface area contributed by atoms with Gasteiger partial charge in [-0.3, -0.25) is 9.59 Å². The van der Waals surface area contributed by atoms with Crippen molar-refractivity contribution in [2.24, 2.45) is 0 Å². The number of rotatable bonds is 4. The molecule has 3 rings (SSSR count). The zero-order chi connectivity index (χ0) is 21.2. The standard InChI is InChI=1S/C22H24N4O3/c1-13-6-9-16(10-7-13)29-17-11-8-15(12-23-17)25-19(27)18-14(2)24-21(22(3,4)5)26-20(18)28/h6-12H,1-5H3,(H,25,27)(H,24,26,28). The van der Waals surface area contributed by atoms with E-state index in [1.54, 1.807) is 19.1 Å². The van der Waals surface area contributed by atoms with Crippen molar-refractivity contribution in [3.05, 3.63) is 75.6 Å². The molecule has 3 aromatic rings. The summed E-state index contributed by atoms with van der Waals surface area (Å²) in [5, 5.41) is 2.68. The predicted octanol–water partition coefficient (Wildman–Crippen LogP) is 4.12. The lowest BCUT2D eigenvalue weighted by atomic mass is 9.95. The van der Waals surface area contributed by atoms with E-state index in [-0.39, 0.29) is 11.0 Å². The van der Waals surface area contributed by atoms with Gasteiger partial charge in [-0.1, -0.05) is 38.5 Å². The molecule has 0 unspecified atom stereocenters. The number of benzene rings is 1. The van der Waals surface area contributed by atoms with Gasteiger partial charge < -0.3 is 15.0 Å². The maximum Gasteiger partial charge on any atom is 0.264 e. The highest BCUT2D eigenvalue weighted by Crippen LogP contribution is 2.21. The number of hydrogen-bond donors (Lipinski definition) is 2. The van der Waals surface area contributed by atoms with Crippen LogP contribution in [0, 0.1) is 13.8 Å². The Hall–Kier alpha value is -3.48. The summed E-state index contributed by atoms with van der Waals surface area (Å²) in [6.45, 7) is 9.47. The molecule has 0 aliphatic carbocycles. The number of pyridine rings is 1. The number of anilines is 1. The van der Waals surface area contributed by atoms with Crippen LogP contribution in [-0.4, -0.2) is 20.9 Å². The Kier molecular flexibility index (Phi) is 5.50. The Morgan fingerprint density at radius 1 is 1.07 bits per heavy atom. The third-order valence-electron chi connectivity index (χ3n) is 4.28. The summed E-state index contributed by atoms with van der Waals surface area (Å²) in [6.07, 6.45) is 1.47. The molecule has 0 saturated heterocycles. The Morgan fingerprint density at radius 3 is 2.31 bits per heavy atom. The van der Waals surface area contributed by atoms with E-state index < -0.39 is 11.5 Å². The van der Waals surface area contributed by atoms with Crippen molar-refractivity contribution in [1.29, 1.82) is 0 Å². The van der Waals surface area contributed by atoms with Gasteiger partial charge in [0.25, 0.3) is 11.5 Å². The summed E-state index contributed by atoms with van der Waals surface area (Å²) in [6, 6.07) is 10.9. The molecule has 2 N–H and O–H groups in total. The van der Waals surface area contributed by atoms with Crippen LogP contribution in [0.25, 0.3) is 0 Å². The van der Waals surface area contributed by atoms with Crippen molar-refractivity contribution >= 4 is 11.6 Å². The fraction of sp³-hybridized carbons (Fsp3) is 0.273. The van der Waals surface area contributed by atoms with Crippen LogP contribution in [0.5, 0.6) is 11.6 Å². The third kappa shape index (κ3) is 4.87. The van der Waals surface area contributed by atoms with Gasteiger partial charge in [0.1, 0.15) is 17.1 Å². The Labute approximate surface area is 169 Å². The average molecular weight is 392 g/mol. The van der Waals surface area contributed by atoms with E-state index in [2.05, 4.69) is 20.3 Å². The smallest absolute Gasteiger partial charge is 0.264 e. The van der Waals surface area contributed by atoms with E-state index in [4.69, 9.17) is 4.74 Å². The maximum absolute atomic E-state index is 12.6. The molecule has 0 aliphatic heterocycles. The van der Waals surface area contributed by atoms with Crippen LogP contribution in [0.3, 0.4) is 0 Å². The topological polar surface area (TPSA) is 97.0 Å².